The third-order valence-corrected chi connectivity index (χ3v) is 5.63. The molecule has 0 unspecified atom stereocenters. The van der Waals surface area contributed by atoms with Crippen LogP contribution in [-0.4, -0.2) is 28.1 Å². The molecule has 0 aliphatic rings. The lowest BCUT2D eigenvalue weighted by Crippen LogP contribution is -2.50. The van der Waals surface area contributed by atoms with Crippen LogP contribution in [0.3, 0.4) is 0 Å². The first-order valence-corrected chi connectivity index (χ1v) is 10.4. The molecule has 146 valence electrons. The Balaban J connectivity index is 2.13. The minimum absolute atomic E-state index is 0.00448. The van der Waals surface area contributed by atoms with Crippen LogP contribution in [0.4, 0.5) is 5.13 Å². The van der Waals surface area contributed by atoms with E-state index in [0.29, 0.717) is 5.13 Å². The van der Waals surface area contributed by atoms with Crippen molar-refractivity contribution in [2.45, 2.75) is 47.1 Å². The number of hydrogen-bond donors (Lipinski definition) is 2. The van der Waals surface area contributed by atoms with E-state index in [-0.39, 0.29) is 17.7 Å². The summed E-state index contributed by atoms with van der Waals surface area (Å²) in [6, 6.07) is 7.09. The average molecular weight is 453 g/mol. The molecule has 1 aromatic heterocycles. The molecule has 2 aromatic rings. The van der Waals surface area contributed by atoms with E-state index < -0.39 is 11.5 Å². The molecule has 0 aliphatic carbocycles. The zero-order valence-electron chi connectivity index (χ0n) is 16.2. The molecule has 27 heavy (non-hydrogen) atoms. The smallest absolute Gasteiger partial charge is 0.249 e. The van der Waals surface area contributed by atoms with Crippen molar-refractivity contribution < 1.29 is 9.59 Å². The number of amides is 2. The van der Waals surface area contributed by atoms with Gasteiger partial charge in [0.1, 0.15) is 11.0 Å². The maximum Gasteiger partial charge on any atom is 0.249 e. The van der Waals surface area contributed by atoms with Crippen LogP contribution in [0.15, 0.2) is 28.7 Å². The van der Waals surface area contributed by atoms with Crippen molar-refractivity contribution >= 4 is 44.2 Å². The Kier molecular flexibility index (Phi) is 7.11. The van der Waals surface area contributed by atoms with Crippen molar-refractivity contribution in [3.63, 3.8) is 0 Å². The molecule has 1 aromatic carbocycles. The van der Waals surface area contributed by atoms with Gasteiger partial charge in [-0.2, -0.15) is 0 Å². The Bertz CT molecular complexity index is 799. The van der Waals surface area contributed by atoms with Crippen molar-refractivity contribution in [2.75, 3.05) is 5.32 Å². The minimum Gasteiger partial charge on any atom is -0.344 e. The number of carbonyl (C=O) groups excluding carboxylic acids is 2. The van der Waals surface area contributed by atoms with E-state index in [4.69, 9.17) is 0 Å². The number of carbonyl (C=O) groups is 2. The fourth-order valence-electron chi connectivity index (χ4n) is 2.23. The fourth-order valence-corrected chi connectivity index (χ4v) is 3.24. The monoisotopic (exact) mass is 452 g/mol. The topological polar surface area (TPSA) is 84.0 Å². The van der Waals surface area contributed by atoms with E-state index in [0.717, 1.165) is 21.5 Å². The van der Waals surface area contributed by atoms with E-state index >= 15 is 0 Å². The highest BCUT2D eigenvalue weighted by Crippen LogP contribution is 2.27. The Morgan fingerprint density at radius 2 is 1.81 bits per heavy atom. The summed E-state index contributed by atoms with van der Waals surface area (Å²) in [6.07, 6.45) is 0.767. The Morgan fingerprint density at radius 1 is 1.19 bits per heavy atom. The lowest BCUT2D eigenvalue weighted by molar-refractivity contribution is -0.132. The molecule has 0 spiro atoms. The summed E-state index contributed by atoms with van der Waals surface area (Å²) in [6.45, 7) is 9.40. The molecular weight excluding hydrogens is 428 g/mol. The zero-order valence-corrected chi connectivity index (χ0v) is 18.6. The SMILES string of the molecule is CC[C@H](C)[C@H](NC(=O)C(C)(C)C)C(=O)Nc1nnc(-c2ccc(Br)cc2)s1. The van der Waals surface area contributed by atoms with E-state index in [1.807, 2.05) is 58.9 Å². The molecule has 0 saturated heterocycles. The van der Waals surface area contributed by atoms with Gasteiger partial charge in [-0.15, -0.1) is 10.2 Å². The Hall–Kier alpha value is -1.80. The highest BCUT2D eigenvalue weighted by Gasteiger charge is 2.31. The molecule has 6 nitrogen and oxygen atoms in total. The van der Waals surface area contributed by atoms with Gasteiger partial charge in [0.25, 0.3) is 0 Å². The number of anilines is 1. The molecule has 0 fully saturated rings. The van der Waals surface area contributed by atoms with Crippen LogP contribution in [0.5, 0.6) is 0 Å². The lowest BCUT2D eigenvalue weighted by atomic mass is 9.92. The predicted octanol–water partition coefficient (Wildman–Crippen LogP) is 4.48. The van der Waals surface area contributed by atoms with Crippen LogP contribution in [-0.2, 0) is 9.59 Å². The Morgan fingerprint density at radius 3 is 2.37 bits per heavy atom. The quantitative estimate of drug-likeness (QED) is 0.676. The molecule has 2 atom stereocenters. The first-order chi connectivity index (χ1) is 12.6. The zero-order chi connectivity index (χ0) is 20.2. The third-order valence-electron chi connectivity index (χ3n) is 4.21. The highest BCUT2D eigenvalue weighted by atomic mass is 79.9. The van der Waals surface area contributed by atoms with E-state index in [1.54, 1.807) is 0 Å². The van der Waals surface area contributed by atoms with Gasteiger partial charge in [-0.1, -0.05) is 80.4 Å². The molecule has 8 heteroatoms. The van der Waals surface area contributed by atoms with Crippen molar-refractivity contribution in [1.82, 2.24) is 15.5 Å². The summed E-state index contributed by atoms with van der Waals surface area (Å²) < 4.78 is 0.982. The van der Waals surface area contributed by atoms with Crippen LogP contribution in [0.2, 0.25) is 0 Å². The molecule has 0 radical (unpaired) electrons. The number of halogens is 1. The standard InChI is InChI=1S/C19H25BrN4O2S/c1-6-11(2)14(21-17(26)19(3,4)5)15(25)22-18-24-23-16(27-18)12-7-9-13(20)10-8-12/h7-11,14H,6H2,1-5H3,(H,21,26)(H,22,24,25)/t11-,14-/m0/s1. The maximum atomic E-state index is 12.8. The number of nitrogens with one attached hydrogen (secondary N) is 2. The third kappa shape index (κ3) is 5.84. The van der Waals surface area contributed by atoms with Gasteiger partial charge in [-0.3, -0.25) is 14.9 Å². The van der Waals surface area contributed by atoms with Gasteiger partial charge < -0.3 is 5.32 Å². The molecule has 0 bridgehead atoms. The number of rotatable bonds is 6. The van der Waals surface area contributed by atoms with Crippen molar-refractivity contribution in [3.8, 4) is 10.6 Å². The summed E-state index contributed by atoms with van der Waals surface area (Å²) in [5.41, 5.74) is 0.361. The van der Waals surface area contributed by atoms with Gasteiger partial charge in [0.05, 0.1) is 0 Å². The van der Waals surface area contributed by atoms with Crippen molar-refractivity contribution in [1.29, 1.82) is 0 Å². The maximum absolute atomic E-state index is 12.8. The number of hydrogen-bond acceptors (Lipinski definition) is 5. The molecule has 2 N–H and O–H groups in total. The van der Waals surface area contributed by atoms with E-state index in [1.165, 1.54) is 11.3 Å². The highest BCUT2D eigenvalue weighted by molar-refractivity contribution is 9.10. The average Bonchev–Trinajstić information content (AvgIpc) is 3.06. The summed E-state index contributed by atoms with van der Waals surface area (Å²) >= 11 is 4.70. The van der Waals surface area contributed by atoms with Gasteiger partial charge in [0, 0.05) is 15.5 Å². The van der Waals surface area contributed by atoms with Gasteiger partial charge >= 0.3 is 0 Å². The van der Waals surface area contributed by atoms with Crippen LogP contribution in [0, 0.1) is 11.3 Å². The number of aromatic nitrogens is 2. The van der Waals surface area contributed by atoms with Crippen LogP contribution < -0.4 is 10.6 Å². The van der Waals surface area contributed by atoms with Gasteiger partial charge in [0.2, 0.25) is 16.9 Å². The summed E-state index contributed by atoms with van der Waals surface area (Å²) in [5.74, 6) is -0.439. The van der Waals surface area contributed by atoms with Crippen molar-refractivity contribution in [2.24, 2.45) is 11.3 Å². The second kappa shape index (κ2) is 8.93. The van der Waals surface area contributed by atoms with Gasteiger partial charge in [-0.05, 0) is 18.1 Å². The lowest BCUT2D eigenvalue weighted by Gasteiger charge is -2.27. The second-order valence-electron chi connectivity index (χ2n) is 7.50. The van der Waals surface area contributed by atoms with Crippen LogP contribution >= 0.6 is 27.3 Å². The molecular formula is C19H25BrN4O2S. The van der Waals surface area contributed by atoms with Crippen LogP contribution in [0.1, 0.15) is 41.0 Å². The summed E-state index contributed by atoms with van der Waals surface area (Å²) in [7, 11) is 0. The number of nitrogens with zero attached hydrogens (tertiary/aromatic N) is 2. The largest absolute Gasteiger partial charge is 0.344 e. The number of benzene rings is 1. The molecule has 2 rings (SSSR count). The second-order valence-corrected chi connectivity index (χ2v) is 9.39. The van der Waals surface area contributed by atoms with Gasteiger partial charge in [-0.25, -0.2) is 0 Å². The summed E-state index contributed by atoms with van der Waals surface area (Å²) in [5, 5.41) is 15.0. The van der Waals surface area contributed by atoms with Gasteiger partial charge in [0.15, 0.2) is 0 Å². The van der Waals surface area contributed by atoms with E-state index in [2.05, 4.69) is 36.8 Å². The molecule has 1 heterocycles. The fraction of sp³-hybridized carbons (Fsp3) is 0.474. The normalized spacial score (nSPS) is 13.7. The summed E-state index contributed by atoms with van der Waals surface area (Å²) in [4.78, 5) is 25.1. The van der Waals surface area contributed by atoms with Crippen molar-refractivity contribution in [3.05, 3.63) is 28.7 Å². The predicted molar refractivity (Wildman–Crippen MR) is 113 cm³/mol. The Labute approximate surface area is 172 Å². The molecule has 0 saturated carbocycles. The molecule has 2 amide bonds. The minimum atomic E-state index is -0.623. The molecule has 0 aliphatic heterocycles. The van der Waals surface area contributed by atoms with E-state index in [9.17, 15) is 9.59 Å². The first kappa shape index (κ1) is 21.5. The van der Waals surface area contributed by atoms with Crippen LogP contribution in [0.25, 0.3) is 10.6 Å². The first-order valence-electron chi connectivity index (χ1n) is 8.83.